The van der Waals surface area contributed by atoms with Crippen molar-refractivity contribution in [2.45, 2.75) is 26.3 Å². The van der Waals surface area contributed by atoms with Crippen molar-refractivity contribution in [2.24, 2.45) is 5.92 Å². The van der Waals surface area contributed by atoms with Gasteiger partial charge in [0, 0.05) is 23.1 Å². The molecular formula is C15H18BrN5O. The van der Waals surface area contributed by atoms with Crippen LogP contribution in [0.15, 0.2) is 28.7 Å². The average Bonchev–Trinajstić information content (AvgIpc) is 2.97. The van der Waals surface area contributed by atoms with Crippen LogP contribution < -0.4 is 0 Å². The van der Waals surface area contributed by atoms with Crippen LogP contribution in [0.2, 0.25) is 0 Å². The molecule has 0 radical (unpaired) electrons. The molecular weight excluding hydrogens is 346 g/mol. The smallest absolute Gasteiger partial charge is 0.246 e. The molecule has 116 valence electrons. The first-order valence-corrected chi connectivity index (χ1v) is 8.22. The van der Waals surface area contributed by atoms with E-state index < -0.39 is 0 Å². The Kier molecular flexibility index (Phi) is 4.52. The minimum Gasteiger partial charge on any atom is -0.341 e. The van der Waals surface area contributed by atoms with Gasteiger partial charge in [-0.15, -0.1) is 10.2 Å². The molecule has 1 aromatic carbocycles. The van der Waals surface area contributed by atoms with E-state index in [1.54, 1.807) is 0 Å². The molecule has 6 nitrogen and oxygen atoms in total. The van der Waals surface area contributed by atoms with E-state index in [1.807, 2.05) is 29.2 Å². The molecule has 0 aliphatic carbocycles. The summed E-state index contributed by atoms with van der Waals surface area (Å²) in [6, 6.07) is 7.69. The summed E-state index contributed by atoms with van der Waals surface area (Å²) in [5.74, 6) is 1.30. The van der Waals surface area contributed by atoms with Crippen LogP contribution in [0, 0.1) is 5.92 Å². The fraction of sp³-hybridized carbons (Fsp3) is 0.467. The van der Waals surface area contributed by atoms with E-state index in [2.05, 4.69) is 38.3 Å². The Balaban J connectivity index is 1.64. The van der Waals surface area contributed by atoms with Crippen LogP contribution in [-0.4, -0.2) is 44.1 Å². The van der Waals surface area contributed by atoms with Crippen molar-refractivity contribution < 1.29 is 4.79 Å². The molecule has 7 heteroatoms. The minimum absolute atomic E-state index is 0.0617. The predicted octanol–water partition coefficient (Wildman–Crippen LogP) is 2.36. The van der Waals surface area contributed by atoms with Crippen LogP contribution in [0.25, 0.3) is 11.4 Å². The van der Waals surface area contributed by atoms with Crippen molar-refractivity contribution in [1.29, 1.82) is 0 Å². The topological polar surface area (TPSA) is 63.9 Å². The summed E-state index contributed by atoms with van der Waals surface area (Å²) < 4.78 is 0.998. The van der Waals surface area contributed by atoms with Crippen LogP contribution in [0.5, 0.6) is 0 Å². The summed E-state index contributed by atoms with van der Waals surface area (Å²) in [4.78, 5) is 15.5. The molecule has 0 N–H and O–H groups in total. The van der Waals surface area contributed by atoms with Gasteiger partial charge in [-0.25, -0.2) is 0 Å². The number of piperidine rings is 1. The second-order valence-corrected chi connectivity index (χ2v) is 6.63. The lowest BCUT2D eigenvalue weighted by Gasteiger charge is -2.30. The number of halogens is 1. The third-order valence-corrected chi connectivity index (χ3v) is 4.50. The Morgan fingerprint density at radius 3 is 2.64 bits per heavy atom. The summed E-state index contributed by atoms with van der Waals surface area (Å²) >= 11 is 3.39. The van der Waals surface area contributed by atoms with Crippen LogP contribution in [0.1, 0.15) is 19.8 Å². The number of benzene rings is 1. The molecule has 22 heavy (non-hydrogen) atoms. The number of rotatable bonds is 3. The van der Waals surface area contributed by atoms with Gasteiger partial charge in [-0.3, -0.25) is 4.79 Å². The number of nitrogens with zero attached hydrogens (tertiary/aromatic N) is 5. The van der Waals surface area contributed by atoms with Crippen molar-refractivity contribution in [2.75, 3.05) is 13.1 Å². The van der Waals surface area contributed by atoms with Gasteiger partial charge in [-0.1, -0.05) is 22.9 Å². The van der Waals surface area contributed by atoms with Crippen LogP contribution in [0.3, 0.4) is 0 Å². The molecule has 0 saturated carbocycles. The van der Waals surface area contributed by atoms with Gasteiger partial charge in [0.2, 0.25) is 11.7 Å². The van der Waals surface area contributed by atoms with Gasteiger partial charge >= 0.3 is 0 Å². The molecule has 0 spiro atoms. The Morgan fingerprint density at radius 2 is 1.95 bits per heavy atom. The van der Waals surface area contributed by atoms with E-state index in [0.29, 0.717) is 11.7 Å². The van der Waals surface area contributed by atoms with Crippen LogP contribution >= 0.6 is 15.9 Å². The highest BCUT2D eigenvalue weighted by Gasteiger charge is 2.21. The Bertz CT molecular complexity index is 646. The minimum atomic E-state index is 0.0617. The van der Waals surface area contributed by atoms with Gasteiger partial charge in [-0.05, 0) is 48.2 Å². The van der Waals surface area contributed by atoms with Gasteiger partial charge in [0.1, 0.15) is 6.54 Å². The van der Waals surface area contributed by atoms with E-state index >= 15 is 0 Å². The molecule has 1 amide bonds. The predicted molar refractivity (Wildman–Crippen MR) is 85.9 cm³/mol. The number of amides is 1. The lowest BCUT2D eigenvalue weighted by atomic mass is 9.99. The van der Waals surface area contributed by atoms with Gasteiger partial charge in [0.15, 0.2) is 0 Å². The van der Waals surface area contributed by atoms with Crippen molar-refractivity contribution in [3.8, 4) is 11.4 Å². The molecule has 0 unspecified atom stereocenters. The number of hydrogen-bond donors (Lipinski definition) is 0. The average molecular weight is 364 g/mol. The number of hydrogen-bond acceptors (Lipinski definition) is 4. The summed E-state index contributed by atoms with van der Waals surface area (Å²) in [5, 5.41) is 12.3. The van der Waals surface area contributed by atoms with Crippen molar-refractivity contribution in [1.82, 2.24) is 25.1 Å². The van der Waals surface area contributed by atoms with Gasteiger partial charge in [-0.2, -0.15) is 4.80 Å². The summed E-state index contributed by atoms with van der Waals surface area (Å²) in [7, 11) is 0. The van der Waals surface area contributed by atoms with E-state index in [1.165, 1.54) is 4.80 Å². The van der Waals surface area contributed by atoms with E-state index in [-0.39, 0.29) is 12.5 Å². The maximum absolute atomic E-state index is 12.3. The van der Waals surface area contributed by atoms with E-state index in [9.17, 15) is 4.79 Å². The lowest BCUT2D eigenvalue weighted by Crippen LogP contribution is -2.40. The van der Waals surface area contributed by atoms with E-state index in [4.69, 9.17) is 0 Å². The number of carbonyl (C=O) groups excluding carboxylic acids is 1. The summed E-state index contributed by atoms with van der Waals surface area (Å²) in [6.45, 7) is 4.03. The molecule has 2 heterocycles. The zero-order valence-corrected chi connectivity index (χ0v) is 14.0. The van der Waals surface area contributed by atoms with Crippen LogP contribution in [0.4, 0.5) is 0 Å². The Morgan fingerprint density at radius 1 is 1.27 bits per heavy atom. The molecule has 0 bridgehead atoms. The quantitative estimate of drug-likeness (QED) is 0.839. The third-order valence-electron chi connectivity index (χ3n) is 3.97. The second kappa shape index (κ2) is 6.56. The molecule has 3 rings (SSSR count). The normalized spacial score (nSPS) is 16.0. The zero-order valence-electron chi connectivity index (χ0n) is 12.4. The number of likely N-dealkylation sites (tertiary alicyclic amines) is 1. The van der Waals surface area contributed by atoms with Gasteiger partial charge in [0.05, 0.1) is 0 Å². The molecule has 1 fully saturated rings. The largest absolute Gasteiger partial charge is 0.341 e. The van der Waals surface area contributed by atoms with Crippen molar-refractivity contribution in [3.05, 3.63) is 28.7 Å². The van der Waals surface area contributed by atoms with Gasteiger partial charge in [0.25, 0.3) is 0 Å². The number of carbonyl (C=O) groups is 1. The highest BCUT2D eigenvalue weighted by molar-refractivity contribution is 9.10. The standard InChI is InChI=1S/C15H18BrN5O/c1-11-6-8-20(9-7-11)14(22)10-21-18-15(17-19-21)12-2-4-13(16)5-3-12/h2-5,11H,6-10H2,1H3. The highest BCUT2D eigenvalue weighted by atomic mass is 79.9. The molecule has 2 aromatic rings. The fourth-order valence-corrected chi connectivity index (χ4v) is 2.77. The molecule has 1 saturated heterocycles. The SMILES string of the molecule is CC1CCN(C(=O)Cn2nnc(-c3ccc(Br)cc3)n2)CC1. The fourth-order valence-electron chi connectivity index (χ4n) is 2.50. The molecule has 1 aromatic heterocycles. The van der Waals surface area contributed by atoms with Crippen LogP contribution in [-0.2, 0) is 11.3 Å². The summed E-state index contributed by atoms with van der Waals surface area (Å²) in [6.07, 6.45) is 2.14. The maximum Gasteiger partial charge on any atom is 0.246 e. The number of tetrazole rings is 1. The Labute approximate surface area is 137 Å². The highest BCUT2D eigenvalue weighted by Crippen LogP contribution is 2.18. The molecule has 0 atom stereocenters. The molecule has 1 aliphatic rings. The first-order valence-electron chi connectivity index (χ1n) is 7.43. The maximum atomic E-state index is 12.3. The zero-order chi connectivity index (χ0) is 15.5. The monoisotopic (exact) mass is 363 g/mol. The summed E-state index contributed by atoms with van der Waals surface area (Å²) in [5.41, 5.74) is 0.883. The van der Waals surface area contributed by atoms with E-state index in [0.717, 1.165) is 36.0 Å². The second-order valence-electron chi connectivity index (χ2n) is 5.71. The Hall–Kier alpha value is -1.76. The van der Waals surface area contributed by atoms with Gasteiger partial charge < -0.3 is 4.90 Å². The first kappa shape index (κ1) is 15.1. The first-order chi connectivity index (χ1) is 10.6. The van der Waals surface area contributed by atoms with Crippen molar-refractivity contribution >= 4 is 21.8 Å². The third kappa shape index (κ3) is 3.52. The molecule has 1 aliphatic heterocycles. The lowest BCUT2D eigenvalue weighted by molar-refractivity contribution is -0.133. The van der Waals surface area contributed by atoms with Crippen molar-refractivity contribution in [3.63, 3.8) is 0 Å². The number of aromatic nitrogens is 4.